The molecule has 3 rings (SSSR count). The number of rotatable bonds is 3. The van der Waals surface area contributed by atoms with Gasteiger partial charge in [0.15, 0.2) is 0 Å². The van der Waals surface area contributed by atoms with Crippen LogP contribution in [0.3, 0.4) is 0 Å². The molecule has 0 spiro atoms. The monoisotopic (exact) mass is 339 g/mol. The molecule has 2 heterocycles. The van der Waals surface area contributed by atoms with Crippen LogP contribution in [-0.2, 0) is 10.0 Å². The molecule has 122 valence electrons. The normalized spacial score (nSPS) is 19.7. The minimum atomic E-state index is -4.16. The molecule has 1 atom stereocenters. The summed E-state index contributed by atoms with van der Waals surface area (Å²) in [5.74, 6) is -1.76. The molecular formula is C15H15F2N3O2S. The van der Waals surface area contributed by atoms with E-state index in [0.717, 1.165) is 12.1 Å². The molecule has 1 N–H and O–H groups in total. The molecule has 0 amide bonds. The third-order valence-electron chi connectivity index (χ3n) is 3.74. The number of sulfonamides is 1. The first kappa shape index (κ1) is 16.0. The SMILES string of the molecule is O=S(=O)(c1cc(F)ccc1F)N1CCNCC1c1cccnc1. The Balaban J connectivity index is 2.04. The zero-order valence-corrected chi connectivity index (χ0v) is 12.9. The first-order chi connectivity index (χ1) is 11.0. The van der Waals surface area contributed by atoms with Gasteiger partial charge in [0, 0.05) is 32.0 Å². The van der Waals surface area contributed by atoms with Crippen LogP contribution in [-0.4, -0.2) is 37.3 Å². The Labute approximate surface area is 133 Å². The lowest BCUT2D eigenvalue weighted by Gasteiger charge is -2.35. The molecule has 0 aliphatic carbocycles. The van der Waals surface area contributed by atoms with Gasteiger partial charge in [-0.05, 0) is 29.8 Å². The highest BCUT2D eigenvalue weighted by atomic mass is 32.2. The van der Waals surface area contributed by atoms with Crippen LogP contribution in [0.15, 0.2) is 47.6 Å². The Morgan fingerprint density at radius 1 is 1.26 bits per heavy atom. The van der Waals surface area contributed by atoms with E-state index in [1.54, 1.807) is 24.5 Å². The van der Waals surface area contributed by atoms with Crippen molar-refractivity contribution in [2.24, 2.45) is 0 Å². The molecule has 1 aliphatic rings. The largest absolute Gasteiger partial charge is 0.313 e. The maximum atomic E-state index is 13.9. The van der Waals surface area contributed by atoms with Crippen LogP contribution >= 0.6 is 0 Å². The van der Waals surface area contributed by atoms with Crippen LogP contribution < -0.4 is 5.32 Å². The number of piperazine rings is 1. The van der Waals surface area contributed by atoms with Crippen molar-refractivity contribution in [1.29, 1.82) is 0 Å². The van der Waals surface area contributed by atoms with Crippen molar-refractivity contribution in [3.05, 3.63) is 59.9 Å². The molecule has 1 fully saturated rings. The fourth-order valence-electron chi connectivity index (χ4n) is 2.63. The molecule has 1 aliphatic heterocycles. The van der Waals surface area contributed by atoms with Gasteiger partial charge in [-0.15, -0.1) is 0 Å². The van der Waals surface area contributed by atoms with Crippen LogP contribution in [0.2, 0.25) is 0 Å². The molecule has 1 saturated heterocycles. The zero-order valence-electron chi connectivity index (χ0n) is 12.1. The van der Waals surface area contributed by atoms with Crippen LogP contribution in [0, 0.1) is 11.6 Å². The van der Waals surface area contributed by atoms with E-state index in [-0.39, 0.29) is 6.54 Å². The second-order valence-electron chi connectivity index (χ2n) is 5.20. The van der Waals surface area contributed by atoms with Crippen LogP contribution in [0.4, 0.5) is 8.78 Å². The van der Waals surface area contributed by atoms with Crippen molar-refractivity contribution in [3.8, 4) is 0 Å². The summed E-state index contributed by atoms with van der Waals surface area (Å²) >= 11 is 0. The number of hydrogen-bond acceptors (Lipinski definition) is 4. The number of nitrogens with one attached hydrogen (secondary N) is 1. The second-order valence-corrected chi connectivity index (χ2v) is 7.06. The highest BCUT2D eigenvalue weighted by Gasteiger charge is 2.36. The molecule has 5 nitrogen and oxygen atoms in total. The first-order valence-electron chi connectivity index (χ1n) is 7.07. The smallest absolute Gasteiger partial charge is 0.246 e. The maximum Gasteiger partial charge on any atom is 0.246 e. The van der Waals surface area contributed by atoms with Crippen molar-refractivity contribution in [1.82, 2.24) is 14.6 Å². The van der Waals surface area contributed by atoms with Crippen molar-refractivity contribution < 1.29 is 17.2 Å². The van der Waals surface area contributed by atoms with Gasteiger partial charge in [0.05, 0.1) is 6.04 Å². The fraction of sp³-hybridized carbons (Fsp3) is 0.267. The van der Waals surface area contributed by atoms with Gasteiger partial charge in [0.1, 0.15) is 16.5 Å². The average molecular weight is 339 g/mol. The van der Waals surface area contributed by atoms with Gasteiger partial charge >= 0.3 is 0 Å². The number of halogens is 2. The predicted molar refractivity (Wildman–Crippen MR) is 80.1 cm³/mol. The van der Waals surface area contributed by atoms with Crippen LogP contribution in [0.1, 0.15) is 11.6 Å². The lowest BCUT2D eigenvalue weighted by Crippen LogP contribution is -2.48. The van der Waals surface area contributed by atoms with E-state index in [4.69, 9.17) is 0 Å². The van der Waals surface area contributed by atoms with Crippen molar-refractivity contribution in [2.75, 3.05) is 19.6 Å². The van der Waals surface area contributed by atoms with Crippen LogP contribution in [0.25, 0.3) is 0 Å². The van der Waals surface area contributed by atoms with E-state index < -0.39 is 32.6 Å². The highest BCUT2D eigenvalue weighted by Crippen LogP contribution is 2.29. The molecular weight excluding hydrogens is 324 g/mol. The van der Waals surface area contributed by atoms with E-state index in [2.05, 4.69) is 10.3 Å². The Morgan fingerprint density at radius 2 is 2.09 bits per heavy atom. The lowest BCUT2D eigenvalue weighted by atomic mass is 10.1. The van der Waals surface area contributed by atoms with Crippen molar-refractivity contribution in [3.63, 3.8) is 0 Å². The van der Waals surface area contributed by atoms with Gasteiger partial charge < -0.3 is 5.32 Å². The Morgan fingerprint density at radius 3 is 2.83 bits per heavy atom. The van der Waals surface area contributed by atoms with Gasteiger partial charge in [-0.3, -0.25) is 4.98 Å². The molecule has 0 radical (unpaired) electrons. The number of benzene rings is 1. The molecule has 1 unspecified atom stereocenters. The van der Waals surface area contributed by atoms with Crippen molar-refractivity contribution >= 4 is 10.0 Å². The molecule has 2 aromatic rings. The van der Waals surface area contributed by atoms with Gasteiger partial charge in [0.25, 0.3) is 0 Å². The summed E-state index contributed by atoms with van der Waals surface area (Å²) in [6.07, 6.45) is 3.16. The Kier molecular flexibility index (Phi) is 4.38. The van der Waals surface area contributed by atoms with E-state index in [1.807, 2.05) is 0 Å². The predicted octanol–water partition coefficient (Wildman–Crippen LogP) is 1.70. The first-order valence-corrected chi connectivity index (χ1v) is 8.51. The van der Waals surface area contributed by atoms with Gasteiger partial charge in [-0.2, -0.15) is 4.31 Å². The maximum absolute atomic E-state index is 13.9. The minimum absolute atomic E-state index is 0.165. The van der Waals surface area contributed by atoms with E-state index in [9.17, 15) is 17.2 Å². The summed E-state index contributed by atoms with van der Waals surface area (Å²) in [6, 6.07) is 5.37. The molecule has 0 saturated carbocycles. The third kappa shape index (κ3) is 3.10. The average Bonchev–Trinajstić information content (AvgIpc) is 2.58. The summed E-state index contributed by atoms with van der Waals surface area (Å²) in [7, 11) is -4.16. The number of pyridine rings is 1. The number of aromatic nitrogens is 1. The summed E-state index contributed by atoms with van der Waals surface area (Å²) in [5.41, 5.74) is 0.695. The van der Waals surface area contributed by atoms with E-state index in [0.29, 0.717) is 24.7 Å². The summed E-state index contributed by atoms with van der Waals surface area (Å²) in [5, 5.41) is 3.11. The van der Waals surface area contributed by atoms with E-state index >= 15 is 0 Å². The Hall–Kier alpha value is -1.90. The van der Waals surface area contributed by atoms with Crippen LogP contribution in [0.5, 0.6) is 0 Å². The summed E-state index contributed by atoms with van der Waals surface area (Å²) < 4.78 is 54.2. The standard InChI is InChI=1S/C15H15F2N3O2S/c16-12-3-4-13(17)15(8-12)23(21,22)20-7-6-19-10-14(20)11-2-1-5-18-9-11/h1-5,8-9,14,19H,6-7,10H2. The zero-order chi connectivity index (χ0) is 16.4. The Bertz CT molecular complexity index is 800. The van der Waals surface area contributed by atoms with Gasteiger partial charge in [-0.25, -0.2) is 17.2 Å². The number of nitrogens with zero attached hydrogens (tertiary/aromatic N) is 2. The quantitative estimate of drug-likeness (QED) is 0.924. The molecule has 1 aromatic heterocycles. The van der Waals surface area contributed by atoms with E-state index in [1.165, 1.54) is 4.31 Å². The van der Waals surface area contributed by atoms with Gasteiger partial charge in [-0.1, -0.05) is 6.07 Å². The minimum Gasteiger partial charge on any atom is -0.313 e. The molecule has 23 heavy (non-hydrogen) atoms. The molecule has 8 heteroatoms. The topological polar surface area (TPSA) is 62.3 Å². The summed E-state index contributed by atoms with van der Waals surface area (Å²) in [6.45, 7) is 0.979. The second kappa shape index (κ2) is 6.31. The number of hydrogen-bond donors (Lipinski definition) is 1. The highest BCUT2D eigenvalue weighted by molar-refractivity contribution is 7.89. The molecule has 1 aromatic carbocycles. The molecule has 0 bridgehead atoms. The lowest BCUT2D eigenvalue weighted by molar-refractivity contribution is 0.270. The summed E-state index contributed by atoms with van der Waals surface area (Å²) in [4.78, 5) is 3.35. The fourth-order valence-corrected chi connectivity index (χ4v) is 4.32. The van der Waals surface area contributed by atoms with Crippen molar-refractivity contribution in [2.45, 2.75) is 10.9 Å². The third-order valence-corrected chi connectivity index (χ3v) is 5.67. The van der Waals surface area contributed by atoms with Gasteiger partial charge in [0.2, 0.25) is 10.0 Å².